The van der Waals surface area contributed by atoms with Crippen molar-refractivity contribution in [2.75, 3.05) is 13.1 Å². The van der Waals surface area contributed by atoms with Crippen LogP contribution >= 0.6 is 0 Å². The number of nitrogens with zero attached hydrogens (tertiary/aromatic N) is 1. The van der Waals surface area contributed by atoms with Crippen LogP contribution in [0.15, 0.2) is 24.3 Å². The molecule has 1 aromatic rings. The smallest absolute Gasteiger partial charge is 0.323 e. The highest BCUT2D eigenvalue weighted by Crippen LogP contribution is 2.17. The number of carboxylic acids is 1. The van der Waals surface area contributed by atoms with E-state index in [4.69, 9.17) is 5.11 Å². The maximum Gasteiger partial charge on any atom is 0.323 e. The number of phenolic OH excluding ortho intramolecular Hbond substituents is 1. The van der Waals surface area contributed by atoms with Gasteiger partial charge >= 0.3 is 5.97 Å². The second-order valence-corrected chi connectivity index (χ2v) is 4.87. The molecule has 1 amide bonds. The van der Waals surface area contributed by atoms with Gasteiger partial charge in [-0.05, 0) is 12.0 Å². The Bertz CT molecular complexity index is 457. The Balaban J connectivity index is 2.76. The molecule has 0 aliphatic rings. The van der Waals surface area contributed by atoms with E-state index >= 15 is 0 Å². The molecule has 1 rings (SSSR count). The largest absolute Gasteiger partial charge is 0.508 e. The van der Waals surface area contributed by atoms with Gasteiger partial charge in [0.1, 0.15) is 12.3 Å². The lowest BCUT2D eigenvalue weighted by atomic mass is 10.1. The van der Waals surface area contributed by atoms with Crippen molar-refractivity contribution < 1.29 is 19.8 Å². The highest BCUT2D eigenvalue weighted by atomic mass is 16.4. The summed E-state index contributed by atoms with van der Waals surface area (Å²) in [7, 11) is 0. The Morgan fingerprint density at radius 1 is 1.26 bits per heavy atom. The fourth-order valence-electron chi connectivity index (χ4n) is 1.79. The quantitative estimate of drug-likeness (QED) is 0.817. The summed E-state index contributed by atoms with van der Waals surface area (Å²) in [5.74, 6) is -1.09. The first-order chi connectivity index (χ1) is 8.90. The van der Waals surface area contributed by atoms with Crippen LogP contribution in [0.4, 0.5) is 0 Å². The minimum atomic E-state index is -1.04. The molecular formula is C14H19NO4. The third kappa shape index (κ3) is 4.99. The zero-order valence-corrected chi connectivity index (χ0v) is 11.2. The number of aromatic hydroxyl groups is 1. The zero-order valence-electron chi connectivity index (χ0n) is 11.2. The van der Waals surface area contributed by atoms with Crippen LogP contribution in [0.2, 0.25) is 0 Å². The molecule has 0 atom stereocenters. The van der Waals surface area contributed by atoms with Crippen LogP contribution in [-0.2, 0) is 16.0 Å². The lowest BCUT2D eigenvalue weighted by molar-refractivity contribution is -0.144. The summed E-state index contributed by atoms with van der Waals surface area (Å²) in [4.78, 5) is 24.2. The van der Waals surface area contributed by atoms with Crippen molar-refractivity contribution in [3.8, 4) is 5.75 Å². The average Bonchev–Trinajstić information content (AvgIpc) is 2.30. The van der Waals surface area contributed by atoms with Crippen LogP contribution in [0.1, 0.15) is 19.4 Å². The van der Waals surface area contributed by atoms with Crippen molar-refractivity contribution in [3.05, 3.63) is 29.8 Å². The monoisotopic (exact) mass is 265 g/mol. The fraction of sp³-hybridized carbons (Fsp3) is 0.429. The molecule has 0 fully saturated rings. The number of carbonyl (C=O) groups excluding carboxylic acids is 1. The molecule has 19 heavy (non-hydrogen) atoms. The Morgan fingerprint density at radius 3 is 2.42 bits per heavy atom. The normalized spacial score (nSPS) is 10.5. The van der Waals surface area contributed by atoms with Gasteiger partial charge in [0, 0.05) is 12.1 Å². The van der Waals surface area contributed by atoms with Gasteiger partial charge in [0.25, 0.3) is 0 Å². The maximum atomic E-state index is 12.1. The molecule has 104 valence electrons. The lowest BCUT2D eigenvalue weighted by Crippen LogP contribution is -2.39. The number of carbonyl (C=O) groups is 2. The summed E-state index contributed by atoms with van der Waals surface area (Å²) in [6, 6.07) is 6.56. The molecule has 5 heteroatoms. The number of phenols is 1. The number of para-hydroxylation sites is 1. The molecule has 0 saturated heterocycles. The fourth-order valence-corrected chi connectivity index (χ4v) is 1.79. The molecule has 0 spiro atoms. The first kappa shape index (κ1) is 15.0. The molecule has 2 N–H and O–H groups in total. The predicted molar refractivity (Wildman–Crippen MR) is 70.9 cm³/mol. The minimum absolute atomic E-state index is 0.00662. The van der Waals surface area contributed by atoms with E-state index in [0.29, 0.717) is 12.1 Å². The number of rotatable bonds is 6. The number of hydrogen-bond acceptors (Lipinski definition) is 3. The molecule has 0 aliphatic heterocycles. The Hall–Kier alpha value is -2.04. The van der Waals surface area contributed by atoms with Crippen LogP contribution < -0.4 is 0 Å². The Kier molecular flexibility index (Phi) is 5.36. The van der Waals surface area contributed by atoms with Crippen LogP contribution in [0.5, 0.6) is 5.75 Å². The van der Waals surface area contributed by atoms with E-state index in [2.05, 4.69) is 0 Å². The molecule has 0 unspecified atom stereocenters. The number of benzene rings is 1. The summed E-state index contributed by atoms with van der Waals surface area (Å²) < 4.78 is 0. The molecular weight excluding hydrogens is 246 g/mol. The van der Waals surface area contributed by atoms with Crippen LogP contribution in [-0.4, -0.2) is 40.1 Å². The number of amides is 1. The van der Waals surface area contributed by atoms with Crippen molar-refractivity contribution in [2.45, 2.75) is 20.3 Å². The molecule has 0 heterocycles. The first-order valence-corrected chi connectivity index (χ1v) is 6.16. The second-order valence-electron chi connectivity index (χ2n) is 4.87. The van der Waals surface area contributed by atoms with Gasteiger partial charge in [0.2, 0.25) is 5.91 Å². The predicted octanol–water partition coefficient (Wildman–Crippen LogP) is 1.50. The van der Waals surface area contributed by atoms with Gasteiger partial charge in [0.15, 0.2) is 0 Å². The van der Waals surface area contributed by atoms with E-state index in [1.807, 2.05) is 13.8 Å². The van der Waals surface area contributed by atoms with E-state index in [0.717, 1.165) is 0 Å². The zero-order chi connectivity index (χ0) is 14.4. The topological polar surface area (TPSA) is 77.8 Å². The molecule has 0 saturated carbocycles. The van der Waals surface area contributed by atoms with Crippen LogP contribution in [0.25, 0.3) is 0 Å². The third-order valence-corrected chi connectivity index (χ3v) is 2.60. The maximum absolute atomic E-state index is 12.1. The van der Waals surface area contributed by atoms with Gasteiger partial charge in [-0.1, -0.05) is 32.0 Å². The molecule has 1 aromatic carbocycles. The highest BCUT2D eigenvalue weighted by Gasteiger charge is 2.19. The van der Waals surface area contributed by atoms with Gasteiger partial charge in [-0.3, -0.25) is 9.59 Å². The number of aliphatic carboxylic acids is 1. The molecule has 0 radical (unpaired) electrons. The summed E-state index contributed by atoms with van der Waals surface area (Å²) >= 11 is 0. The van der Waals surface area contributed by atoms with E-state index in [1.54, 1.807) is 18.2 Å². The van der Waals surface area contributed by atoms with Crippen LogP contribution in [0.3, 0.4) is 0 Å². The van der Waals surface area contributed by atoms with Crippen molar-refractivity contribution in [1.29, 1.82) is 0 Å². The van der Waals surface area contributed by atoms with E-state index in [-0.39, 0.29) is 30.5 Å². The number of carboxylic acid groups (broad SMARTS) is 1. The average molecular weight is 265 g/mol. The SMILES string of the molecule is CC(C)CN(CC(=O)O)C(=O)Cc1ccccc1O. The lowest BCUT2D eigenvalue weighted by Gasteiger charge is -2.23. The Morgan fingerprint density at radius 2 is 1.89 bits per heavy atom. The van der Waals surface area contributed by atoms with E-state index in [9.17, 15) is 14.7 Å². The summed E-state index contributed by atoms with van der Waals surface area (Å²) in [5.41, 5.74) is 0.506. The summed E-state index contributed by atoms with van der Waals surface area (Å²) in [6.07, 6.45) is 0.00662. The van der Waals surface area contributed by atoms with Gasteiger partial charge in [-0.25, -0.2) is 0 Å². The standard InChI is InChI=1S/C14H19NO4/c1-10(2)8-15(9-14(18)19)13(17)7-11-5-3-4-6-12(11)16/h3-6,10,16H,7-9H2,1-2H3,(H,18,19). The van der Waals surface area contributed by atoms with Crippen molar-refractivity contribution in [1.82, 2.24) is 4.90 Å². The van der Waals surface area contributed by atoms with Crippen molar-refractivity contribution >= 4 is 11.9 Å². The van der Waals surface area contributed by atoms with E-state index < -0.39 is 5.97 Å². The third-order valence-electron chi connectivity index (χ3n) is 2.60. The first-order valence-electron chi connectivity index (χ1n) is 6.16. The number of hydrogen-bond donors (Lipinski definition) is 2. The second kappa shape index (κ2) is 6.78. The highest BCUT2D eigenvalue weighted by molar-refractivity contribution is 5.83. The minimum Gasteiger partial charge on any atom is -0.508 e. The summed E-state index contributed by atoms with van der Waals surface area (Å²) in [6.45, 7) is 3.91. The van der Waals surface area contributed by atoms with E-state index in [1.165, 1.54) is 11.0 Å². The van der Waals surface area contributed by atoms with Gasteiger partial charge in [-0.15, -0.1) is 0 Å². The van der Waals surface area contributed by atoms with Gasteiger partial charge < -0.3 is 15.1 Å². The summed E-state index contributed by atoms with van der Waals surface area (Å²) in [5, 5.41) is 18.4. The van der Waals surface area contributed by atoms with Crippen molar-refractivity contribution in [2.24, 2.45) is 5.92 Å². The molecule has 0 aromatic heterocycles. The van der Waals surface area contributed by atoms with Crippen molar-refractivity contribution in [3.63, 3.8) is 0 Å². The molecule has 0 bridgehead atoms. The molecule has 5 nitrogen and oxygen atoms in total. The van der Waals surface area contributed by atoms with Crippen LogP contribution in [0, 0.1) is 5.92 Å². The van der Waals surface area contributed by atoms with Gasteiger partial charge in [0.05, 0.1) is 6.42 Å². The van der Waals surface area contributed by atoms with Gasteiger partial charge in [-0.2, -0.15) is 0 Å². The molecule has 0 aliphatic carbocycles. The Labute approximate surface area is 112 Å².